The molecule has 1 N–H and O–H groups in total. The normalized spacial score (nSPS) is 10.9. The van der Waals surface area contributed by atoms with Gasteiger partial charge >= 0.3 is 5.97 Å². The van der Waals surface area contributed by atoms with Crippen LogP contribution in [0.15, 0.2) is 66.3 Å². The Balaban J connectivity index is 1.62. The van der Waals surface area contributed by atoms with Gasteiger partial charge in [-0.05, 0) is 50.2 Å². The van der Waals surface area contributed by atoms with Crippen LogP contribution in [0.1, 0.15) is 24.2 Å². The second-order valence-electron chi connectivity index (χ2n) is 6.65. The van der Waals surface area contributed by atoms with Crippen LogP contribution in [0.4, 0.5) is 5.69 Å². The van der Waals surface area contributed by atoms with Crippen molar-refractivity contribution < 1.29 is 14.3 Å². The fraction of sp³-hybridized carbons (Fsp3) is 0.227. The van der Waals surface area contributed by atoms with Crippen molar-refractivity contribution in [1.29, 1.82) is 0 Å². The highest BCUT2D eigenvalue weighted by Crippen LogP contribution is 2.24. The molecule has 2 aromatic carbocycles. The summed E-state index contributed by atoms with van der Waals surface area (Å²) in [4.78, 5) is 28.8. The number of nitrogens with one attached hydrogen (secondary N) is 1. The van der Waals surface area contributed by atoms with E-state index in [-0.39, 0.29) is 23.7 Å². The topological polar surface area (TPSA) is 73.2 Å². The maximum absolute atomic E-state index is 12.4. The molecular weight excluding hydrogens is 386 g/mol. The van der Waals surface area contributed by atoms with E-state index < -0.39 is 0 Å². The molecule has 1 amide bonds. The van der Waals surface area contributed by atoms with Gasteiger partial charge in [-0.2, -0.15) is 0 Å². The van der Waals surface area contributed by atoms with Crippen molar-refractivity contribution in [2.75, 3.05) is 11.1 Å². The summed E-state index contributed by atoms with van der Waals surface area (Å²) < 4.78 is 7.19. The molecule has 0 aliphatic heterocycles. The number of allylic oxidation sites excluding steroid dienone is 1. The molecule has 0 saturated heterocycles. The summed E-state index contributed by atoms with van der Waals surface area (Å²) in [5.74, 6) is -0.309. The van der Waals surface area contributed by atoms with Crippen molar-refractivity contribution in [3.8, 4) is 0 Å². The number of rotatable bonds is 8. The van der Waals surface area contributed by atoms with Gasteiger partial charge in [0.05, 0.1) is 28.5 Å². The number of amides is 1. The van der Waals surface area contributed by atoms with Gasteiger partial charge in [0.1, 0.15) is 0 Å². The number of benzene rings is 2. The third-order valence-electron chi connectivity index (χ3n) is 4.01. The zero-order chi connectivity index (χ0) is 20.8. The van der Waals surface area contributed by atoms with Crippen LogP contribution in [-0.2, 0) is 16.1 Å². The molecule has 1 aromatic heterocycles. The summed E-state index contributed by atoms with van der Waals surface area (Å²) in [7, 11) is 0. The van der Waals surface area contributed by atoms with Gasteiger partial charge in [-0.1, -0.05) is 30.0 Å². The first-order chi connectivity index (χ1) is 14.0. The Morgan fingerprint density at radius 3 is 2.62 bits per heavy atom. The third-order valence-corrected chi connectivity index (χ3v) is 4.99. The number of para-hydroxylation sites is 2. The summed E-state index contributed by atoms with van der Waals surface area (Å²) in [6, 6.07) is 14.5. The molecule has 3 rings (SSSR count). The van der Waals surface area contributed by atoms with E-state index in [1.807, 2.05) is 34.9 Å². The number of nitrogens with zero attached hydrogens (tertiary/aromatic N) is 2. The van der Waals surface area contributed by atoms with Crippen LogP contribution in [0.3, 0.4) is 0 Å². The highest BCUT2D eigenvalue weighted by Gasteiger charge is 2.13. The van der Waals surface area contributed by atoms with Gasteiger partial charge in [-0.25, -0.2) is 9.78 Å². The summed E-state index contributed by atoms with van der Waals surface area (Å²) in [6.07, 6.45) is 1.63. The number of anilines is 1. The first-order valence-electron chi connectivity index (χ1n) is 9.27. The minimum Gasteiger partial charge on any atom is -0.459 e. The molecule has 0 atom stereocenters. The van der Waals surface area contributed by atoms with E-state index in [0.29, 0.717) is 17.8 Å². The molecule has 0 unspecified atom stereocenters. The van der Waals surface area contributed by atoms with Crippen molar-refractivity contribution in [2.45, 2.75) is 31.7 Å². The highest BCUT2D eigenvalue weighted by atomic mass is 32.2. The monoisotopic (exact) mass is 409 g/mol. The Bertz CT molecular complexity index is 1030. The summed E-state index contributed by atoms with van der Waals surface area (Å²) in [6.45, 7) is 8.02. The minimum absolute atomic E-state index is 0.148. The lowest BCUT2D eigenvalue weighted by Gasteiger charge is -2.09. The third kappa shape index (κ3) is 5.26. The van der Waals surface area contributed by atoms with Crippen molar-refractivity contribution in [3.63, 3.8) is 0 Å². The molecule has 0 radical (unpaired) electrons. The lowest BCUT2D eigenvalue weighted by molar-refractivity contribution is -0.113. The zero-order valence-corrected chi connectivity index (χ0v) is 17.2. The maximum Gasteiger partial charge on any atom is 0.338 e. The Labute approximate surface area is 174 Å². The van der Waals surface area contributed by atoms with Gasteiger partial charge in [0.15, 0.2) is 5.16 Å². The Hall–Kier alpha value is -3.06. The quantitative estimate of drug-likeness (QED) is 0.336. The fourth-order valence-corrected chi connectivity index (χ4v) is 3.59. The average molecular weight is 410 g/mol. The van der Waals surface area contributed by atoms with Crippen LogP contribution in [0.5, 0.6) is 0 Å². The van der Waals surface area contributed by atoms with Crippen LogP contribution in [-0.4, -0.2) is 33.3 Å². The number of hydrogen-bond donors (Lipinski definition) is 1. The van der Waals surface area contributed by atoms with E-state index in [0.717, 1.165) is 16.2 Å². The summed E-state index contributed by atoms with van der Waals surface area (Å²) >= 11 is 1.37. The number of carbonyl (C=O) groups excluding carboxylic acids is 2. The van der Waals surface area contributed by atoms with E-state index in [1.165, 1.54) is 11.8 Å². The molecule has 6 nitrogen and oxygen atoms in total. The molecule has 0 spiro atoms. The summed E-state index contributed by atoms with van der Waals surface area (Å²) in [5.41, 5.74) is 2.97. The SMILES string of the molecule is C=CCn1c(SCC(=O)Nc2ccc(C(=O)OC(C)C)cc2)nc2ccccc21. The number of carbonyl (C=O) groups is 2. The first kappa shape index (κ1) is 20.7. The van der Waals surface area contributed by atoms with Crippen LogP contribution >= 0.6 is 11.8 Å². The predicted octanol–water partition coefficient (Wildman–Crippen LogP) is 4.52. The van der Waals surface area contributed by atoms with Crippen molar-refractivity contribution in [3.05, 3.63) is 66.7 Å². The Morgan fingerprint density at radius 1 is 1.21 bits per heavy atom. The first-order valence-corrected chi connectivity index (χ1v) is 10.3. The van der Waals surface area contributed by atoms with Crippen LogP contribution < -0.4 is 5.32 Å². The minimum atomic E-state index is -0.380. The lowest BCUT2D eigenvalue weighted by atomic mass is 10.2. The van der Waals surface area contributed by atoms with Gasteiger partial charge < -0.3 is 14.6 Å². The number of esters is 1. The molecule has 0 fully saturated rings. The van der Waals surface area contributed by atoms with Gasteiger partial charge in [-0.3, -0.25) is 4.79 Å². The molecule has 3 aromatic rings. The maximum atomic E-state index is 12.4. The van der Waals surface area contributed by atoms with Crippen molar-refractivity contribution in [2.24, 2.45) is 0 Å². The van der Waals surface area contributed by atoms with E-state index >= 15 is 0 Å². The molecule has 29 heavy (non-hydrogen) atoms. The average Bonchev–Trinajstić information content (AvgIpc) is 3.04. The number of thioether (sulfide) groups is 1. The molecule has 1 heterocycles. The number of aromatic nitrogens is 2. The molecule has 0 bridgehead atoms. The van der Waals surface area contributed by atoms with Crippen LogP contribution in [0.2, 0.25) is 0 Å². The number of fused-ring (bicyclic) bond motifs is 1. The highest BCUT2D eigenvalue weighted by molar-refractivity contribution is 7.99. The van der Waals surface area contributed by atoms with E-state index in [4.69, 9.17) is 4.74 Å². The summed E-state index contributed by atoms with van der Waals surface area (Å²) in [5, 5.41) is 3.61. The van der Waals surface area contributed by atoms with E-state index in [1.54, 1.807) is 38.1 Å². The lowest BCUT2D eigenvalue weighted by Crippen LogP contribution is -2.15. The standard InChI is InChI=1S/C22H23N3O3S/c1-4-13-25-19-8-6-5-7-18(19)24-22(25)29-14-20(26)23-17-11-9-16(10-12-17)21(27)28-15(2)3/h4-12,15H,1,13-14H2,2-3H3,(H,23,26). The second-order valence-corrected chi connectivity index (χ2v) is 7.59. The number of ether oxygens (including phenoxy) is 1. The predicted molar refractivity (Wildman–Crippen MR) is 116 cm³/mol. The van der Waals surface area contributed by atoms with E-state index in [9.17, 15) is 9.59 Å². The van der Waals surface area contributed by atoms with Crippen LogP contribution in [0, 0.1) is 0 Å². The fourth-order valence-electron chi connectivity index (χ4n) is 2.77. The van der Waals surface area contributed by atoms with Crippen molar-refractivity contribution >= 4 is 40.4 Å². The van der Waals surface area contributed by atoms with Crippen LogP contribution in [0.25, 0.3) is 11.0 Å². The smallest absolute Gasteiger partial charge is 0.338 e. The Morgan fingerprint density at radius 2 is 1.93 bits per heavy atom. The molecule has 0 saturated carbocycles. The van der Waals surface area contributed by atoms with Gasteiger partial charge in [0.2, 0.25) is 5.91 Å². The van der Waals surface area contributed by atoms with E-state index in [2.05, 4.69) is 16.9 Å². The van der Waals surface area contributed by atoms with Gasteiger partial charge in [0, 0.05) is 12.2 Å². The number of hydrogen-bond acceptors (Lipinski definition) is 5. The van der Waals surface area contributed by atoms with Gasteiger partial charge in [-0.15, -0.1) is 6.58 Å². The number of imidazole rings is 1. The van der Waals surface area contributed by atoms with Gasteiger partial charge in [0.25, 0.3) is 0 Å². The molecule has 0 aliphatic rings. The molecule has 0 aliphatic carbocycles. The molecule has 150 valence electrons. The molecular formula is C22H23N3O3S. The Kier molecular flexibility index (Phi) is 6.72. The molecule has 7 heteroatoms. The second kappa shape index (κ2) is 9.43. The largest absolute Gasteiger partial charge is 0.459 e. The zero-order valence-electron chi connectivity index (χ0n) is 16.4. The van der Waals surface area contributed by atoms with Crippen molar-refractivity contribution in [1.82, 2.24) is 9.55 Å².